The van der Waals surface area contributed by atoms with Gasteiger partial charge in [0, 0.05) is 33.2 Å². The number of rotatable bonds is 6. The Morgan fingerprint density at radius 2 is 1.88 bits per heavy atom. The second-order valence-corrected chi connectivity index (χ2v) is 6.29. The lowest BCUT2D eigenvalue weighted by Crippen LogP contribution is -2.45. The number of guanidine groups is 1. The first-order valence-electron chi connectivity index (χ1n) is 8.76. The highest BCUT2D eigenvalue weighted by atomic mass is 127. The molecule has 2 heterocycles. The fourth-order valence-electron chi connectivity index (χ4n) is 3.32. The molecule has 0 aliphatic carbocycles. The molecule has 0 aromatic heterocycles. The molecule has 0 bridgehead atoms. The molecule has 2 aliphatic heterocycles. The first kappa shape index (κ1) is 21.0. The third kappa shape index (κ3) is 4.92. The fourth-order valence-corrected chi connectivity index (χ4v) is 3.32. The maximum absolute atomic E-state index is 5.52. The van der Waals surface area contributed by atoms with E-state index in [0.29, 0.717) is 0 Å². The van der Waals surface area contributed by atoms with Crippen LogP contribution in [0, 0.1) is 0 Å². The number of morpholine rings is 1. The predicted octanol–water partition coefficient (Wildman–Crippen LogP) is 1.59. The quantitative estimate of drug-likeness (QED) is 0.630. The first-order valence-corrected chi connectivity index (χ1v) is 8.76. The van der Waals surface area contributed by atoms with Crippen molar-refractivity contribution in [1.29, 1.82) is 0 Å². The van der Waals surface area contributed by atoms with Crippen LogP contribution in [0.2, 0.25) is 0 Å². The molecule has 0 radical (unpaired) electrons. The Balaban J connectivity index is 0.00000243. The van der Waals surface area contributed by atoms with E-state index in [1.165, 1.54) is 5.56 Å². The number of aliphatic imine (C=N–C) groups is 1. The van der Waals surface area contributed by atoms with Gasteiger partial charge in [-0.15, -0.1) is 24.0 Å². The SMILES string of the molecule is COc1ccc(C(CNC2=NCCN2C)N2CCOCC2)cc1OC.I. The van der Waals surface area contributed by atoms with Crippen LogP contribution in [-0.2, 0) is 4.74 Å². The number of likely N-dealkylation sites (N-methyl/N-ethyl adjacent to an activating group) is 1. The molecule has 1 N–H and O–H groups in total. The molecule has 1 fully saturated rings. The standard InChI is InChI=1S/C18H28N4O3.HI/c1-21-7-6-19-18(21)20-13-15(22-8-10-25-11-9-22)14-4-5-16(23-2)17(12-14)24-3;/h4-5,12,15H,6-11,13H2,1-3H3,(H,19,20);1H. The van der Waals surface area contributed by atoms with Gasteiger partial charge in [0.05, 0.1) is 40.0 Å². The lowest BCUT2D eigenvalue weighted by Gasteiger charge is -2.35. The van der Waals surface area contributed by atoms with Crippen LogP contribution in [0.15, 0.2) is 23.2 Å². The highest BCUT2D eigenvalue weighted by Crippen LogP contribution is 2.32. The van der Waals surface area contributed by atoms with Crippen molar-refractivity contribution in [2.24, 2.45) is 4.99 Å². The maximum Gasteiger partial charge on any atom is 0.193 e. The van der Waals surface area contributed by atoms with Gasteiger partial charge < -0.3 is 24.4 Å². The number of halogens is 1. The molecule has 7 nitrogen and oxygen atoms in total. The van der Waals surface area contributed by atoms with Gasteiger partial charge in [0.2, 0.25) is 0 Å². The van der Waals surface area contributed by atoms with Gasteiger partial charge in [-0.1, -0.05) is 6.07 Å². The molecule has 3 rings (SSSR count). The molecule has 1 unspecified atom stereocenters. The Bertz CT molecular complexity index is 608. The number of nitrogens with one attached hydrogen (secondary N) is 1. The van der Waals surface area contributed by atoms with Crippen molar-refractivity contribution in [3.05, 3.63) is 23.8 Å². The molecule has 1 atom stereocenters. The molecule has 1 saturated heterocycles. The summed E-state index contributed by atoms with van der Waals surface area (Å²) >= 11 is 0. The molecule has 1 aromatic rings. The minimum Gasteiger partial charge on any atom is -0.493 e. The number of benzene rings is 1. The summed E-state index contributed by atoms with van der Waals surface area (Å²) in [6, 6.07) is 6.38. The van der Waals surface area contributed by atoms with Gasteiger partial charge in [-0.05, 0) is 17.7 Å². The number of methoxy groups -OCH3 is 2. The zero-order chi connectivity index (χ0) is 17.6. The van der Waals surface area contributed by atoms with E-state index in [0.717, 1.165) is 63.4 Å². The van der Waals surface area contributed by atoms with Crippen LogP contribution in [0.4, 0.5) is 0 Å². The van der Waals surface area contributed by atoms with E-state index in [9.17, 15) is 0 Å². The highest BCUT2D eigenvalue weighted by molar-refractivity contribution is 14.0. The lowest BCUT2D eigenvalue weighted by atomic mass is 10.0. The number of hydrogen-bond acceptors (Lipinski definition) is 7. The third-order valence-electron chi connectivity index (χ3n) is 4.79. The Morgan fingerprint density at radius 3 is 2.50 bits per heavy atom. The summed E-state index contributed by atoms with van der Waals surface area (Å²) in [5.74, 6) is 2.48. The second kappa shape index (κ2) is 10.2. The van der Waals surface area contributed by atoms with Crippen molar-refractivity contribution in [2.75, 3.05) is 67.2 Å². The number of nitrogens with zero attached hydrogens (tertiary/aromatic N) is 3. The van der Waals surface area contributed by atoms with Crippen molar-refractivity contribution in [3.63, 3.8) is 0 Å². The van der Waals surface area contributed by atoms with Gasteiger partial charge in [0.1, 0.15) is 0 Å². The largest absolute Gasteiger partial charge is 0.493 e. The van der Waals surface area contributed by atoms with E-state index in [4.69, 9.17) is 14.2 Å². The minimum absolute atomic E-state index is 0. The maximum atomic E-state index is 5.52. The lowest BCUT2D eigenvalue weighted by molar-refractivity contribution is 0.0169. The number of hydrogen-bond donors (Lipinski definition) is 1. The van der Waals surface area contributed by atoms with Gasteiger partial charge in [-0.3, -0.25) is 9.89 Å². The van der Waals surface area contributed by atoms with E-state index in [1.54, 1.807) is 14.2 Å². The topological polar surface area (TPSA) is 58.6 Å². The summed E-state index contributed by atoms with van der Waals surface area (Å²) in [7, 11) is 5.40. The van der Waals surface area contributed by atoms with E-state index in [2.05, 4.69) is 39.3 Å². The van der Waals surface area contributed by atoms with Gasteiger partial charge in [-0.25, -0.2) is 0 Å². The Morgan fingerprint density at radius 1 is 1.15 bits per heavy atom. The molecule has 0 spiro atoms. The molecule has 26 heavy (non-hydrogen) atoms. The van der Waals surface area contributed by atoms with Crippen molar-refractivity contribution in [3.8, 4) is 11.5 Å². The normalized spacial score (nSPS) is 18.7. The molecule has 0 saturated carbocycles. The van der Waals surface area contributed by atoms with Gasteiger partial charge in [0.25, 0.3) is 0 Å². The molecule has 146 valence electrons. The van der Waals surface area contributed by atoms with Crippen molar-refractivity contribution >= 4 is 29.9 Å². The van der Waals surface area contributed by atoms with E-state index in [1.807, 2.05) is 6.07 Å². The third-order valence-corrected chi connectivity index (χ3v) is 4.79. The van der Waals surface area contributed by atoms with Crippen LogP contribution in [0.25, 0.3) is 0 Å². The van der Waals surface area contributed by atoms with Crippen LogP contribution in [0.3, 0.4) is 0 Å². The van der Waals surface area contributed by atoms with Crippen LogP contribution in [0.5, 0.6) is 11.5 Å². The summed E-state index contributed by atoms with van der Waals surface area (Å²) in [6.45, 7) is 6.00. The second-order valence-electron chi connectivity index (χ2n) is 6.29. The molecular formula is C18H29IN4O3. The van der Waals surface area contributed by atoms with E-state index >= 15 is 0 Å². The van der Waals surface area contributed by atoms with E-state index < -0.39 is 0 Å². The van der Waals surface area contributed by atoms with Crippen molar-refractivity contribution in [1.82, 2.24) is 15.1 Å². The van der Waals surface area contributed by atoms with Crippen molar-refractivity contribution < 1.29 is 14.2 Å². The van der Waals surface area contributed by atoms with Crippen LogP contribution in [-0.4, -0.2) is 83.0 Å². The summed E-state index contributed by atoms with van der Waals surface area (Å²) in [6.07, 6.45) is 0. The molecule has 1 aromatic carbocycles. The first-order chi connectivity index (χ1) is 12.2. The summed E-state index contributed by atoms with van der Waals surface area (Å²) < 4.78 is 16.4. The smallest absolute Gasteiger partial charge is 0.193 e. The monoisotopic (exact) mass is 476 g/mol. The highest BCUT2D eigenvalue weighted by Gasteiger charge is 2.25. The minimum atomic E-state index is 0. The zero-order valence-electron chi connectivity index (χ0n) is 15.7. The number of ether oxygens (including phenoxy) is 3. The molecule has 0 amide bonds. The van der Waals surface area contributed by atoms with Gasteiger partial charge in [0.15, 0.2) is 17.5 Å². The Hall–Kier alpha value is -1.26. The Labute approximate surface area is 172 Å². The average molecular weight is 476 g/mol. The summed E-state index contributed by atoms with van der Waals surface area (Å²) in [4.78, 5) is 9.14. The van der Waals surface area contributed by atoms with Gasteiger partial charge in [-0.2, -0.15) is 0 Å². The van der Waals surface area contributed by atoms with Crippen LogP contribution < -0.4 is 14.8 Å². The van der Waals surface area contributed by atoms with Gasteiger partial charge >= 0.3 is 0 Å². The predicted molar refractivity (Wildman–Crippen MR) is 113 cm³/mol. The van der Waals surface area contributed by atoms with Crippen LogP contribution in [0.1, 0.15) is 11.6 Å². The summed E-state index contributed by atoms with van der Waals surface area (Å²) in [5, 5.41) is 3.51. The van der Waals surface area contributed by atoms with Crippen LogP contribution >= 0.6 is 24.0 Å². The molecule has 8 heteroatoms. The van der Waals surface area contributed by atoms with E-state index in [-0.39, 0.29) is 30.0 Å². The Kier molecular flexibility index (Phi) is 8.23. The molecular weight excluding hydrogens is 447 g/mol. The van der Waals surface area contributed by atoms with Crippen molar-refractivity contribution in [2.45, 2.75) is 6.04 Å². The molecule has 2 aliphatic rings. The zero-order valence-corrected chi connectivity index (χ0v) is 18.1. The average Bonchev–Trinajstić information content (AvgIpc) is 3.07. The fraction of sp³-hybridized carbons (Fsp3) is 0.611. The summed E-state index contributed by atoms with van der Waals surface area (Å²) in [5.41, 5.74) is 1.20.